The van der Waals surface area contributed by atoms with Crippen molar-refractivity contribution in [3.05, 3.63) is 64.2 Å². The van der Waals surface area contributed by atoms with Crippen LogP contribution >= 0.6 is 11.3 Å². The van der Waals surface area contributed by atoms with Crippen molar-refractivity contribution >= 4 is 33.4 Å². The van der Waals surface area contributed by atoms with Crippen LogP contribution in [-0.4, -0.2) is 23.6 Å². The third kappa shape index (κ3) is 3.41. The maximum Gasteiger partial charge on any atom is 0.337 e. The summed E-state index contributed by atoms with van der Waals surface area (Å²) in [7, 11) is 1.31. The van der Waals surface area contributed by atoms with Gasteiger partial charge in [-0.25, -0.2) is 9.18 Å². The number of aromatic nitrogens is 1. The summed E-state index contributed by atoms with van der Waals surface area (Å²) in [6.07, 6.45) is 5.43. The third-order valence-corrected chi connectivity index (χ3v) is 4.68. The van der Waals surface area contributed by atoms with E-state index < -0.39 is 17.7 Å². The largest absolute Gasteiger partial charge is 0.465 e. The molecule has 0 bridgehead atoms. The van der Waals surface area contributed by atoms with E-state index in [1.54, 1.807) is 22.8 Å². The van der Waals surface area contributed by atoms with Gasteiger partial charge in [-0.15, -0.1) is 6.42 Å². The van der Waals surface area contributed by atoms with E-state index in [9.17, 15) is 14.0 Å². The first kappa shape index (κ1) is 17.6. The highest BCUT2D eigenvalue weighted by atomic mass is 32.1. The minimum absolute atomic E-state index is 0.215. The van der Waals surface area contributed by atoms with Crippen molar-refractivity contribution in [2.24, 2.45) is 4.99 Å². The second-order valence-corrected chi connectivity index (χ2v) is 6.28. The monoisotopic (exact) mass is 368 g/mol. The summed E-state index contributed by atoms with van der Waals surface area (Å²) >= 11 is 1.23. The molecule has 26 heavy (non-hydrogen) atoms. The number of terminal acetylenes is 1. The summed E-state index contributed by atoms with van der Waals surface area (Å²) < 4.78 is 20.2. The number of hydrogen-bond donors (Lipinski definition) is 0. The van der Waals surface area contributed by atoms with E-state index >= 15 is 0 Å². The molecule has 0 atom stereocenters. The Balaban J connectivity index is 2.13. The molecule has 0 aliphatic carbocycles. The number of fused-ring (bicyclic) bond motifs is 1. The minimum Gasteiger partial charge on any atom is -0.465 e. The van der Waals surface area contributed by atoms with E-state index in [1.807, 2.05) is 0 Å². The van der Waals surface area contributed by atoms with Crippen LogP contribution in [-0.2, 0) is 11.3 Å². The number of rotatable bonds is 3. The highest BCUT2D eigenvalue weighted by molar-refractivity contribution is 7.16. The van der Waals surface area contributed by atoms with Gasteiger partial charge in [0.25, 0.3) is 5.91 Å². The molecule has 1 heterocycles. The highest BCUT2D eigenvalue weighted by Gasteiger charge is 2.12. The standard InChI is InChI=1S/C19H13FN2O3S/c1-3-10-22-15-9-6-13(18(24)25-2)11-16(15)26-19(22)21-17(23)12-4-7-14(20)8-5-12/h1,4-9,11H,10H2,2H3. The predicted octanol–water partition coefficient (Wildman–Crippen LogP) is 3.00. The highest BCUT2D eigenvalue weighted by Crippen LogP contribution is 2.20. The van der Waals surface area contributed by atoms with Gasteiger partial charge >= 0.3 is 5.97 Å². The molecule has 1 aromatic heterocycles. The topological polar surface area (TPSA) is 60.7 Å². The normalized spacial score (nSPS) is 11.3. The number of carbonyl (C=O) groups excluding carboxylic acids is 2. The Kier molecular flexibility index (Phi) is 4.96. The first-order chi connectivity index (χ1) is 12.5. The molecule has 130 valence electrons. The molecule has 3 aromatic rings. The Bertz CT molecular complexity index is 1100. The Morgan fingerprint density at radius 2 is 1.92 bits per heavy atom. The molecule has 0 radical (unpaired) electrons. The molecule has 0 unspecified atom stereocenters. The molecule has 0 aliphatic rings. The molecule has 0 spiro atoms. The lowest BCUT2D eigenvalue weighted by Crippen LogP contribution is -2.16. The van der Waals surface area contributed by atoms with Gasteiger partial charge in [-0.1, -0.05) is 17.3 Å². The molecule has 2 aromatic carbocycles. The number of methoxy groups -OCH3 is 1. The van der Waals surface area contributed by atoms with Crippen molar-refractivity contribution in [2.45, 2.75) is 6.54 Å². The van der Waals surface area contributed by atoms with E-state index in [0.717, 1.165) is 10.2 Å². The Labute approximate surface area is 152 Å². The molecule has 3 rings (SSSR count). The van der Waals surface area contributed by atoms with E-state index in [-0.39, 0.29) is 12.1 Å². The minimum atomic E-state index is -0.504. The van der Waals surface area contributed by atoms with Crippen LogP contribution in [0.15, 0.2) is 47.5 Å². The maximum atomic E-state index is 13.0. The fourth-order valence-electron chi connectivity index (χ4n) is 2.39. The molecule has 0 saturated carbocycles. The van der Waals surface area contributed by atoms with Crippen molar-refractivity contribution in [1.82, 2.24) is 4.57 Å². The summed E-state index contributed by atoms with van der Waals surface area (Å²) in [5, 5.41) is 0. The smallest absolute Gasteiger partial charge is 0.337 e. The van der Waals surface area contributed by atoms with E-state index in [1.165, 1.54) is 42.7 Å². The van der Waals surface area contributed by atoms with Crippen LogP contribution in [0.1, 0.15) is 20.7 Å². The molecule has 0 saturated heterocycles. The summed E-state index contributed by atoms with van der Waals surface area (Å²) in [6.45, 7) is 0.215. The summed E-state index contributed by atoms with van der Waals surface area (Å²) in [4.78, 5) is 28.6. The van der Waals surface area contributed by atoms with E-state index in [0.29, 0.717) is 10.4 Å². The Hall–Kier alpha value is -3.24. The van der Waals surface area contributed by atoms with Crippen LogP contribution in [0, 0.1) is 18.2 Å². The van der Waals surface area contributed by atoms with Crippen LogP contribution in [0.4, 0.5) is 4.39 Å². The molecule has 0 fully saturated rings. The molecule has 0 aliphatic heterocycles. The quantitative estimate of drug-likeness (QED) is 0.527. The van der Waals surface area contributed by atoms with Gasteiger partial charge < -0.3 is 9.30 Å². The SMILES string of the molecule is C#CCn1c(=NC(=O)c2ccc(F)cc2)sc2cc(C(=O)OC)ccc21. The van der Waals surface area contributed by atoms with Crippen molar-refractivity contribution in [1.29, 1.82) is 0 Å². The van der Waals surface area contributed by atoms with Crippen molar-refractivity contribution in [3.8, 4) is 12.3 Å². The predicted molar refractivity (Wildman–Crippen MR) is 96.3 cm³/mol. The number of amides is 1. The second-order valence-electron chi connectivity index (χ2n) is 5.27. The lowest BCUT2D eigenvalue weighted by Gasteiger charge is -2.01. The fraction of sp³-hybridized carbons (Fsp3) is 0.105. The van der Waals surface area contributed by atoms with Crippen LogP contribution in [0.5, 0.6) is 0 Å². The molecular weight excluding hydrogens is 355 g/mol. The first-order valence-electron chi connectivity index (χ1n) is 7.53. The van der Waals surface area contributed by atoms with Crippen LogP contribution in [0.2, 0.25) is 0 Å². The van der Waals surface area contributed by atoms with Crippen LogP contribution < -0.4 is 4.80 Å². The van der Waals surface area contributed by atoms with Gasteiger partial charge in [0.15, 0.2) is 4.80 Å². The number of thiazole rings is 1. The number of esters is 1. The van der Waals surface area contributed by atoms with Gasteiger partial charge in [-0.2, -0.15) is 4.99 Å². The van der Waals surface area contributed by atoms with Gasteiger partial charge in [0, 0.05) is 5.56 Å². The van der Waals surface area contributed by atoms with Crippen LogP contribution in [0.25, 0.3) is 10.2 Å². The Morgan fingerprint density at radius 1 is 1.23 bits per heavy atom. The number of halogens is 1. The molecule has 1 amide bonds. The molecule has 7 heteroatoms. The van der Waals surface area contributed by atoms with Gasteiger partial charge in [-0.3, -0.25) is 4.79 Å². The number of benzene rings is 2. The molecule has 5 nitrogen and oxygen atoms in total. The number of hydrogen-bond acceptors (Lipinski definition) is 4. The van der Waals surface area contributed by atoms with Gasteiger partial charge in [0.05, 0.1) is 29.4 Å². The Morgan fingerprint density at radius 3 is 2.58 bits per heavy atom. The number of nitrogens with zero attached hydrogens (tertiary/aromatic N) is 2. The van der Waals surface area contributed by atoms with Crippen molar-refractivity contribution < 1.29 is 18.7 Å². The third-order valence-electron chi connectivity index (χ3n) is 3.64. The first-order valence-corrected chi connectivity index (χ1v) is 8.35. The lowest BCUT2D eigenvalue weighted by atomic mass is 10.2. The van der Waals surface area contributed by atoms with Gasteiger partial charge in [-0.05, 0) is 42.5 Å². The second kappa shape index (κ2) is 7.33. The zero-order valence-corrected chi connectivity index (χ0v) is 14.5. The maximum absolute atomic E-state index is 13.0. The summed E-state index contributed by atoms with van der Waals surface area (Å²) in [5.41, 5.74) is 1.42. The zero-order chi connectivity index (χ0) is 18.7. The fourth-order valence-corrected chi connectivity index (χ4v) is 3.46. The molecular formula is C19H13FN2O3S. The summed E-state index contributed by atoms with van der Waals surface area (Å²) in [5.74, 6) is 1.14. The number of carbonyl (C=O) groups is 2. The van der Waals surface area contributed by atoms with Crippen LogP contribution in [0.3, 0.4) is 0 Å². The van der Waals surface area contributed by atoms with E-state index in [4.69, 9.17) is 11.2 Å². The molecule has 0 N–H and O–H groups in total. The van der Waals surface area contributed by atoms with Gasteiger partial charge in [0.2, 0.25) is 0 Å². The van der Waals surface area contributed by atoms with E-state index in [2.05, 4.69) is 10.9 Å². The van der Waals surface area contributed by atoms with Crippen molar-refractivity contribution in [2.75, 3.05) is 7.11 Å². The van der Waals surface area contributed by atoms with Crippen molar-refractivity contribution in [3.63, 3.8) is 0 Å². The number of ether oxygens (including phenoxy) is 1. The summed E-state index contributed by atoms with van der Waals surface area (Å²) in [6, 6.07) is 10.2. The van der Waals surface area contributed by atoms with Gasteiger partial charge in [0.1, 0.15) is 5.82 Å². The average molecular weight is 368 g/mol. The lowest BCUT2D eigenvalue weighted by molar-refractivity contribution is 0.0601. The average Bonchev–Trinajstić information content (AvgIpc) is 2.98. The zero-order valence-electron chi connectivity index (χ0n) is 13.7.